The van der Waals surface area contributed by atoms with E-state index in [1.165, 1.54) is 0 Å². The molecule has 4 aliphatic heterocycles. The third-order valence-electron chi connectivity index (χ3n) is 8.82. The molecule has 3 spiro atoms. The number of carbonyl (C=O) groups is 3. The van der Waals surface area contributed by atoms with Crippen molar-refractivity contribution in [3.63, 3.8) is 0 Å². The Morgan fingerprint density at radius 2 is 1.93 bits per heavy atom. The average Bonchev–Trinajstić information content (AvgIpc) is 3.24. The van der Waals surface area contributed by atoms with Crippen molar-refractivity contribution in [1.29, 1.82) is 0 Å². The maximum atomic E-state index is 13.7. The third kappa shape index (κ3) is 1.41. The lowest BCUT2D eigenvalue weighted by molar-refractivity contribution is -0.180. The number of hydrogen-bond acceptors (Lipinski definition) is 4. The average molecular weight is 364 g/mol. The van der Waals surface area contributed by atoms with Gasteiger partial charge in [-0.2, -0.15) is 0 Å². The van der Waals surface area contributed by atoms with Crippen LogP contribution in [0.15, 0.2) is 24.3 Å². The summed E-state index contributed by atoms with van der Waals surface area (Å²) in [6.45, 7) is 4.96. The second-order valence-electron chi connectivity index (χ2n) is 9.91. The van der Waals surface area contributed by atoms with Crippen LogP contribution in [0.3, 0.4) is 0 Å². The summed E-state index contributed by atoms with van der Waals surface area (Å²) in [5.74, 6) is 0.501. The molecule has 1 amide bonds. The van der Waals surface area contributed by atoms with Crippen molar-refractivity contribution in [3.8, 4) is 0 Å². The number of nitrogens with one attached hydrogen (secondary N) is 1. The van der Waals surface area contributed by atoms with Crippen LogP contribution < -0.4 is 5.32 Å². The molecule has 1 N–H and O–H groups in total. The molecule has 6 aliphatic rings. The number of hydrogen-bond donors (Lipinski definition) is 1. The first-order valence-corrected chi connectivity index (χ1v) is 10.1. The fourth-order valence-electron chi connectivity index (χ4n) is 7.48. The quantitative estimate of drug-likeness (QED) is 0.769. The van der Waals surface area contributed by atoms with Crippen LogP contribution in [0.4, 0.5) is 5.69 Å². The number of anilines is 1. The molecule has 4 heterocycles. The minimum atomic E-state index is -0.803. The Labute approximate surface area is 158 Å². The Balaban J connectivity index is 1.55. The van der Waals surface area contributed by atoms with Crippen molar-refractivity contribution < 1.29 is 14.4 Å². The molecule has 0 aromatic heterocycles. The van der Waals surface area contributed by atoms with Crippen molar-refractivity contribution in [3.05, 3.63) is 29.8 Å². The molecule has 1 aromatic rings. The number of ketones is 2. The van der Waals surface area contributed by atoms with Crippen LogP contribution >= 0.6 is 0 Å². The molecule has 2 saturated carbocycles. The Hall–Kier alpha value is -2.17. The topological polar surface area (TPSA) is 66.5 Å². The molecule has 5 nitrogen and oxygen atoms in total. The van der Waals surface area contributed by atoms with Crippen LogP contribution in [-0.4, -0.2) is 40.0 Å². The second-order valence-corrected chi connectivity index (χ2v) is 9.91. The lowest BCUT2D eigenvalue weighted by Gasteiger charge is -2.58. The minimum absolute atomic E-state index is 0.0512. The number of Topliss-reactive ketones (excluding diaryl/α,β-unsaturated/α-hetero) is 2. The number of carbonyl (C=O) groups excluding carboxylic acids is 3. The molecule has 4 atom stereocenters. The Bertz CT molecular complexity index is 953. The summed E-state index contributed by atoms with van der Waals surface area (Å²) in [5, 5.41) is 3.55. The van der Waals surface area contributed by atoms with Crippen molar-refractivity contribution in [1.82, 2.24) is 4.90 Å². The molecule has 1 aromatic carbocycles. The van der Waals surface area contributed by atoms with Crippen molar-refractivity contribution >= 4 is 23.2 Å². The second kappa shape index (κ2) is 4.29. The highest BCUT2D eigenvalue weighted by molar-refractivity contribution is 6.15. The molecular weight excluding hydrogens is 340 g/mol. The summed E-state index contributed by atoms with van der Waals surface area (Å²) < 4.78 is 0. The lowest BCUT2D eigenvalue weighted by atomic mass is 9.53. The Morgan fingerprint density at radius 3 is 2.70 bits per heavy atom. The minimum Gasteiger partial charge on any atom is -0.371 e. The highest BCUT2D eigenvalue weighted by Crippen LogP contribution is 2.72. The molecule has 5 fully saturated rings. The predicted molar refractivity (Wildman–Crippen MR) is 99.4 cm³/mol. The van der Waals surface area contributed by atoms with Crippen molar-refractivity contribution in [2.45, 2.75) is 57.0 Å². The summed E-state index contributed by atoms with van der Waals surface area (Å²) in [4.78, 5) is 42.3. The molecule has 27 heavy (non-hydrogen) atoms. The van der Waals surface area contributed by atoms with E-state index in [9.17, 15) is 14.4 Å². The summed E-state index contributed by atoms with van der Waals surface area (Å²) in [5.41, 5.74) is -0.952. The zero-order chi connectivity index (χ0) is 18.8. The van der Waals surface area contributed by atoms with Gasteiger partial charge in [0.25, 0.3) is 0 Å². The number of amides is 1. The van der Waals surface area contributed by atoms with Crippen LogP contribution in [0.25, 0.3) is 0 Å². The summed E-state index contributed by atoms with van der Waals surface area (Å²) in [6, 6.07) is 7.64. The van der Waals surface area contributed by atoms with Crippen molar-refractivity contribution in [2.75, 3.05) is 11.9 Å². The first kappa shape index (κ1) is 15.8. The van der Waals surface area contributed by atoms with E-state index in [1.54, 1.807) is 0 Å². The largest absolute Gasteiger partial charge is 0.371 e. The first-order valence-electron chi connectivity index (χ1n) is 10.1. The Morgan fingerprint density at radius 1 is 1.15 bits per heavy atom. The van der Waals surface area contributed by atoms with Crippen LogP contribution in [0.1, 0.15) is 56.3 Å². The van der Waals surface area contributed by atoms with E-state index in [4.69, 9.17) is 0 Å². The highest BCUT2D eigenvalue weighted by Gasteiger charge is 2.79. The fourth-order valence-corrected chi connectivity index (χ4v) is 7.48. The molecule has 5 heteroatoms. The predicted octanol–water partition coefficient (Wildman–Crippen LogP) is 2.80. The van der Waals surface area contributed by atoms with Crippen molar-refractivity contribution in [2.24, 2.45) is 16.7 Å². The third-order valence-corrected chi connectivity index (χ3v) is 8.82. The number of para-hydroxylation sites is 1. The number of nitrogens with zero attached hydrogens (tertiary/aromatic N) is 1. The fraction of sp³-hybridized carbons (Fsp3) is 0.591. The maximum Gasteiger partial charge on any atom is 0.230 e. The van der Waals surface area contributed by atoms with Gasteiger partial charge < -0.3 is 10.2 Å². The van der Waals surface area contributed by atoms with Crippen LogP contribution in [0.2, 0.25) is 0 Å². The first-order chi connectivity index (χ1) is 12.8. The zero-order valence-electron chi connectivity index (χ0n) is 15.8. The van der Waals surface area contributed by atoms with E-state index < -0.39 is 21.9 Å². The van der Waals surface area contributed by atoms with Crippen LogP contribution in [0, 0.1) is 16.7 Å². The van der Waals surface area contributed by atoms with Gasteiger partial charge in [-0.3, -0.25) is 14.4 Å². The number of fused-ring (bicyclic) bond motifs is 2. The molecular formula is C22H24N2O3. The van der Waals surface area contributed by atoms with E-state index in [-0.39, 0.29) is 23.4 Å². The normalized spacial score (nSPS) is 43.1. The molecule has 3 saturated heterocycles. The van der Waals surface area contributed by atoms with Gasteiger partial charge in [0.05, 0.1) is 5.41 Å². The van der Waals surface area contributed by atoms with E-state index in [0.717, 1.165) is 24.9 Å². The Kier molecular flexibility index (Phi) is 2.52. The lowest BCUT2D eigenvalue weighted by Crippen LogP contribution is -2.70. The van der Waals surface area contributed by atoms with Crippen LogP contribution in [-0.2, 0) is 9.59 Å². The van der Waals surface area contributed by atoms with E-state index in [1.807, 2.05) is 29.2 Å². The molecule has 2 aliphatic carbocycles. The van der Waals surface area contributed by atoms with Gasteiger partial charge in [0.1, 0.15) is 11.1 Å². The standard InChI is InChI=1S/C22H24N2O3/c1-19(2)15-10-21-8-5-9-24(21)18(27)20(15,11-16(21)25)12-22(19)17(26)13-6-3-4-7-14(13)23-22/h3-4,6-7,15,23H,5,8-12H2,1-2H3/t15-,20-,21+,22-/m0/s1. The van der Waals surface area contributed by atoms with Gasteiger partial charge >= 0.3 is 0 Å². The van der Waals surface area contributed by atoms with Gasteiger partial charge in [-0.1, -0.05) is 26.0 Å². The molecule has 0 unspecified atom stereocenters. The summed E-state index contributed by atoms with van der Waals surface area (Å²) >= 11 is 0. The SMILES string of the molecule is CC1(C)[C@@H]2C[C@@]34CCCN3C(=O)[C@@]2(CC4=O)C[C@@]12Nc1ccccc1C2=O. The number of rotatable bonds is 0. The molecule has 140 valence electrons. The van der Waals surface area contributed by atoms with Crippen LogP contribution in [0.5, 0.6) is 0 Å². The van der Waals surface area contributed by atoms with Gasteiger partial charge in [0, 0.05) is 24.2 Å². The monoisotopic (exact) mass is 364 g/mol. The molecule has 7 rings (SSSR count). The smallest absolute Gasteiger partial charge is 0.230 e. The van der Waals surface area contributed by atoms with E-state index >= 15 is 0 Å². The maximum absolute atomic E-state index is 13.7. The number of benzene rings is 1. The van der Waals surface area contributed by atoms with Gasteiger partial charge in [-0.05, 0) is 49.1 Å². The number of piperidine rings is 2. The van der Waals surface area contributed by atoms with E-state index in [0.29, 0.717) is 24.9 Å². The summed E-state index contributed by atoms with van der Waals surface area (Å²) in [6.07, 6.45) is 3.16. The molecule has 2 bridgehead atoms. The summed E-state index contributed by atoms with van der Waals surface area (Å²) in [7, 11) is 0. The van der Waals surface area contributed by atoms with Gasteiger partial charge in [0.15, 0.2) is 11.6 Å². The van der Waals surface area contributed by atoms with Gasteiger partial charge in [-0.25, -0.2) is 0 Å². The highest BCUT2D eigenvalue weighted by atomic mass is 16.2. The zero-order valence-corrected chi connectivity index (χ0v) is 15.8. The van der Waals surface area contributed by atoms with Gasteiger partial charge in [-0.15, -0.1) is 0 Å². The van der Waals surface area contributed by atoms with E-state index in [2.05, 4.69) is 19.2 Å². The van der Waals surface area contributed by atoms with Gasteiger partial charge in [0.2, 0.25) is 5.91 Å². The molecule has 0 radical (unpaired) electrons.